The second-order valence-electron chi connectivity index (χ2n) is 3.82. The van der Waals surface area contributed by atoms with Crippen LogP contribution in [0, 0.1) is 6.92 Å². The van der Waals surface area contributed by atoms with E-state index >= 15 is 0 Å². The monoisotopic (exact) mass is 252 g/mol. The molecule has 0 aromatic heterocycles. The highest BCUT2D eigenvalue weighted by molar-refractivity contribution is 6.30. The topological polar surface area (TPSA) is 54.4 Å². The lowest BCUT2D eigenvalue weighted by Gasteiger charge is -2.08. The molecule has 4 heteroatoms. The average Bonchev–Trinajstić information content (AvgIpc) is 2.24. The summed E-state index contributed by atoms with van der Waals surface area (Å²) >= 11 is 5.96. The maximum absolute atomic E-state index is 11.2. The molecule has 0 amide bonds. The molecule has 90 valence electrons. The van der Waals surface area contributed by atoms with Gasteiger partial charge >= 0.3 is 5.97 Å². The maximum Gasteiger partial charge on any atom is 0.328 e. The van der Waals surface area contributed by atoms with E-state index in [0.29, 0.717) is 11.1 Å². The highest BCUT2D eigenvalue weighted by Crippen LogP contribution is 2.24. The van der Waals surface area contributed by atoms with Gasteiger partial charge in [0, 0.05) is 6.08 Å². The second-order valence-corrected chi connectivity index (χ2v) is 4.26. The Hall–Kier alpha value is -1.61. The predicted molar refractivity (Wildman–Crippen MR) is 67.1 cm³/mol. The van der Waals surface area contributed by atoms with Crippen molar-refractivity contribution in [1.82, 2.24) is 0 Å². The largest absolute Gasteiger partial charge is 0.478 e. The van der Waals surface area contributed by atoms with Crippen LogP contribution in [0.2, 0.25) is 0 Å². The van der Waals surface area contributed by atoms with Crippen molar-refractivity contribution >= 4 is 29.4 Å². The standard InChI is InChI=1S/C13H13ClO3/c1-8-5-10(3-4-12(16)17)7-11(6-8)13(14)9(2)15/h3-7,13H,1-2H3,(H,16,17)/b4-3+. The maximum atomic E-state index is 11.2. The lowest BCUT2D eigenvalue weighted by molar-refractivity contribution is -0.131. The molecule has 0 heterocycles. The molecule has 1 atom stereocenters. The number of aliphatic carboxylic acids is 1. The zero-order valence-electron chi connectivity index (χ0n) is 9.61. The van der Waals surface area contributed by atoms with Crippen molar-refractivity contribution in [3.8, 4) is 0 Å². The van der Waals surface area contributed by atoms with Crippen LogP contribution in [-0.2, 0) is 9.59 Å². The molecule has 0 radical (unpaired) electrons. The van der Waals surface area contributed by atoms with Crippen LogP contribution in [0.5, 0.6) is 0 Å². The molecular weight excluding hydrogens is 240 g/mol. The van der Waals surface area contributed by atoms with Crippen LogP contribution < -0.4 is 0 Å². The number of halogens is 1. The smallest absolute Gasteiger partial charge is 0.328 e. The molecule has 1 N–H and O–H groups in total. The number of carbonyl (C=O) groups is 2. The number of rotatable bonds is 4. The minimum atomic E-state index is -1.01. The van der Waals surface area contributed by atoms with E-state index in [1.165, 1.54) is 13.0 Å². The van der Waals surface area contributed by atoms with Gasteiger partial charge in [-0.3, -0.25) is 4.79 Å². The van der Waals surface area contributed by atoms with Gasteiger partial charge in [-0.25, -0.2) is 4.79 Å². The van der Waals surface area contributed by atoms with Gasteiger partial charge in [0.15, 0.2) is 5.78 Å². The average molecular weight is 253 g/mol. The van der Waals surface area contributed by atoms with Crippen LogP contribution in [0.1, 0.15) is 29.0 Å². The number of alkyl halides is 1. The third kappa shape index (κ3) is 4.04. The first-order valence-corrected chi connectivity index (χ1v) is 5.51. The molecule has 0 aliphatic heterocycles. The van der Waals surface area contributed by atoms with Crippen molar-refractivity contribution in [3.63, 3.8) is 0 Å². The van der Waals surface area contributed by atoms with Crippen LogP contribution in [0.3, 0.4) is 0 Å². The van der Waals surface area contributed by atoms with Gasteiger partial charge in [0.05, 0.1) is 0 Å². The minimum absolute atomic E-state index is 0.134. The fourth-order valence-corrected chi connectivity index (χ4v) is 1.61. The van der Waals surface area contributed by atoms with E-state index in [1.54, 1.807) is 6.07 Å². The molecule has 1 aromatic rings. The van der Waals surface area contributed by atoms with E-state index in [0.717, 1.165) is 11.6 Å². The highest BCUT2D eigenvalue weighted by Gasteiger charge is 2.13. The Labute approximate surface area is 105 Å². The van der Waals surface area contributed by atoms with Gasteiger partial charge in [-0.15, -0.1) is 11.6 Å². The molecule has 0 bridgehead atoms. The number of hydrogen-bond acceptors (Lipinski definition) is 2. The van der Waals surface area contributed by atoms with Crippen LogP contribution in [0.15, 0.2) is 24.3 Å². The molecule has 0 fully saturated rings. The lowest BCUT2D eigenvalue weighted by atomic mass is 10.0. The number of carbonyl (C=O) groups excluding carboxylic acids is 1. The van der Waals surface area contributed by atoms with Gasteiger partial charge in [0.1, 0.15) is 5.38 Å². The quantitative estimate of drug-likeness (QED) is 0.662. The Morgan fingerprint density at radius 2 is 2.00 bits per heavy atom. The molecule has 1 rings (SSSR count). The predicted octanol–water partition coefficient (Wildman–Crippen LogP) is 2.96. The lowest BCUT2D eigenvalue weighted by Crippen LogP contribution is -2.02. The summed E-state index contributed by atoms with van der Waals surface area (Å²) in [5.41, 5.74) is 2.33. The van der Waals surface area contributed by atoms with Crippen LogP contribution in [0.25, 0.3) is 6.08 Å². The van der Waals surface area contributed by atoms with Gasteiger partial charge in [-0.1, -0.05) is 17.7 Å². The number of benzene rings is 1. The number of carboxylic acids is 1. The molecule has 17 heavy (non-hydrogen) atoms. The first-order chi connectivity index (χ1) is 7.90. The Kier molecular flexibility index (Phi) is 4.46. The SMILES string of the molecule is CC(=O)C(Cl)c1cc(C)cc(/C=C/C(=O)O)c1. The zero-order valence-corrected chi connectivity index (χ0v) is 10.4. The summed E-state index contributed by atoms with van der Waals surface area (Å²) in [5.74, 6) is -1.15. The molecule has 0 aliphatic carbocycles. The van der Waals surface area contributed by atoms with E-state index in [9.17, 15) is 9.59 Å². The van der Waals surface area contributed by atoms with Crippen LogP contribution >= 0.6 is 11.6 Å². The van der Waals surface area contributed by atoms with Crippen molar-refractivity contribution in [1.29, 1.82) is 0 Å². The molecule has 0 saturated carbocycles. The van der Waals surface area contributed by atoms with Gasteiger partial charge in [0.2, 0.25) is 0 Å². The second kappa shape index (κ2) is 5.64. The molecule has 0 saturated heterocycles. The molecule has 0 aliphatic rings. The number of aryl methyl sites for hydroxylation is 1. The minimum Gasteiger partial charge on any atom is -0.478 e. The molecular formula is C13H13ClO3. The third-order valence-electron chi connectivity index (χ3n) is 2.19. The summed E-state index contributed by atoms with van der Waals surface area (Å²) in [6.45, 7) is 3.29. The molecule has 0 spiro atoms. The van der Waals surface area contributed by atoms with E-state index < -0.39 is 11.3 Å². The highest BCUT2D eigenvalue weighted by atomic mass is 35.5. The normalized spacial score (nSPS) is 12.6. The van der Waals surface area contributed by atoms with Crippen molar-refractivity contribution in [2.45, 2.75) is 19.2 Å². The first-order valence-electron chi connectivity index (χ1n) is 5.07. The number of ketones is 1. The fourth-order valence-electron chi connectivity index (χ4n) is 1.49. The van der Waals surface area contributed by atoms with Crippen molar-refractivity contribution in [3.05, 3.63) is 41.0 Å². The number of Topliss-reactive ketones (excluding diaryl/α,β-unsaturated/α-hetero) is 1. The Bertz CT molecular complexity index is 478. The summed E-state index contributed by atoms with van der Waals surface area (Å²) in [4.78, 5) is 21.6. The molecule has 3 nitrogen and oxygen atoms in total. The molecule has 1 aromatic carbocycles. The zero-order chi connectivity index (χ0) is 13.0. The van der Waals surface area contributed by atoms with Crippen molar-refractivity contribution in [2.24, 2.45) is 0 Å². The first kappa shape index (κ1) is 13.5. The van der Waals surface area contributed by atoms with Crippen molar-refractivity contribution < 1.29 is 14.7 Å². The Balaban J connectivity index is 3.10. The fraction of sp³-hybridized carbons (Fsp3) is 0.231. The van der Waals surface area contributed by atoms with Gasteiger partial charge < -0.3 is 5.11 Å². The van der Waals surface area contributed by atoms with E-state index in [4.69, 9.17) is 16.7 Å². The van der Waals surface area contributed by atoms with Gasteiger partial charge in [-0.05, 0) is 37.1 Å². The van der Waals surface area contributed by atoms with Crippen LogP contribution in [0.4, 0.5) is 0 Å². The Morgan fingerprint density at radius 1 is 1.35 bits per heavy atom. The van der Waals surface area contributed by atoms with E-state index in [-0.39, 0.29) is 5.78 Å². The summed E-state index contributed by atoms with van der Waals surface area (Å²) in [6, 6.07) is 5.36. The van der Waals surface area contributed by atoms with Crippen LogP contribution in [-0.4, -0.2) is 16.9 Å². The summed E-state index contributed by atoms with van der Waals surface area (Å²) in [7, 11) is 0. The van der Waals surface area contributed by atoms with E-state index in [1.807, 2.05) is 19.1 Å². The summed E-state index contributed by atoms with van der Waals surface area (Å²) < 4.78 is 0. The van der Waals surface area contributed by atoms with Gasteiger partial charge in [-0.2, -0.15) is 0 Å². The van der Waals surface area contributed by atoms with Gasteiger partial charge in [0.25, 0.3) is 0 Å². The van der Waals surface area contributed by atoms with Crippen molar-refractivity contribution in [2.75, 3.05) is 0 Å². The van der Waals surface area contributed by atoms with E-state index in [2.05, 4.69) is 0 Å². The number of carboxylic acid groups (broad SMARTS) is 1. The third-order valence-corrected chi connectivity index (χ3v) is 2.75. The number of hydrogen-bond donors (Lipinski definition) is 1. The summed E-state index contributed by atoms with van der Waals surface area (Å²) in [6.07, 6.45) is 2.53. The molecule has 1 unspecified atom stereocenters. The Morgan fingerprint density at radius 3 is 2.53 bits per heavy atom. The summed E-state index contributed by atoms with van der Waals surface area (Å²) in [5, 5.41) is 7.86.